The van der Waals surface area contributed by atoms with Crippen molar-refractivity contribution in [2.24, 2.45) is 0 Å². The number of nitrogens with one attached hydrogen (secondary N) is 1. The Morgan fingerprint density at radius 1 is 1.43 bits per heavy atom. The molecule has 0 radical (unpaired) electrons. The number of thiocarbonyl (C=S) groups is 1. The Morgan fingerprint density at radius 3 is 2.91 bits per heavy atom. The topological polar surface area (TPSA) is 60.0 Å². The molecule has 2 heterocycles. The third-order valence-corrected chi connectivity index (χ3v) is 4.37. The molecule has 1 N–H and O–H groups in total. The van der Waals surface area contributed by atoms with Gasteiger partial charge >= 0.3 is 5.97 Å². The zero-order valence-electron chi connectivity index (χ0n) is 13.2. The fraction of sp³-hybridized carbons (Fsp3) is 0.375. The molecule has 23 heavy (non-hydrogen) atoms. The Labute approximate surface area is 140 Å². The molecule has 0 fully saturated rings. The van der Waals surface area contributed by atoms with E-state index in [0.29, 0.717) is 28.8 Å². The summed E-state index contributed by atoms with van der Waals surface area (Å²) in [5.41, 5.74) is 2.18. The molecule has 0 bridgehead atoms. The third kappa shape index (κ3) is 2.72. The Balaban J connectivity index is 2.04. The van der Waals surface area contributed by atoms with Gasteiger partial charge in [0.25, 0.3) is 0 Å². The summed E-state index contributed by atoms with van der Waals surface area (Å²) in [6, 6.07) is 5.21. The summed E-state index contributed by atoms with van der Waals surface area (Å²) in [5.74, 6) is 1.01. The molecule has 3 rings (SSSR count). The third-order valence-electron chi connectivity index (χ3n) is 3.98. The highest BCUT2D eigenvalue weighted by molar-refractivity contribution is 7.80. The van der Waals surface area contributed by atoms with Gasteiger partial charge in [0, 0.05) is 12.7 Å². The molecule has 1 unspecified atom stereocenters. The van der Waals surface area contributed by atoms with Gasteiger partial charge < -0.3 is 24.4 Å². The van der Waals surface area contributed by atoms with Crippen molar-refractivity contribution in [3.63, 3.8) is 0 Å². The van der Waals surface area contributed by atoms with Crippen molar-refractivity contribution in [3.05, 3.63) is 35.0 Å². The summed E-state index contributed by atoms with van der Waals surface area (Å²) in [6.45, 7) is 4.17. The Hall–Kier alpha value is -2.28. The van der Waals surface area contributed by atoms with Crippen LogP contribution in [0.3, 0.4) is 0 Å². The summed E-state index contributed by atoms with van der Waals surface area (Å²) in [7, 11) is 1.82. The minimum absolute atomic E-state index is 0.206. The zero-order valence-corrected chi connectivity index (χ0v) is 14.0. The van der Waals surface area contributed by atoms with Gasteiger partial charge in [-0.25, -0.2) is 4.79 Å². The van der Waals surface area contributed by atoms with Crippen molar-refractivity contribution in [2.45, 2.75) is 19.9 Å². The molecule has 2 aliphatic heterocycles. The Kier molecular flexibility index (Phi) is 4.12. The molecule has 0 spiro atoms. The molecule has 122 valence electrons. The van der Waals surface area contributed by atoms with Gasteiger partial charge in [-0.3, -0.25) is 0 Å². The van der Waals surface area contributed by atoms with Gasteiger partial charge in [-0.2, -0.15) is 0 Å². The predicted molar refractivity (Wildman–Crippen MR) is 88.1 cm³/mol. The quantitative estimate of drug-likeness (QED) is 0.671. The first-order chi connectivity index (χ1) is 11.0. The van der Waals surface area contributed by atoms with Crippen molar-refractivity contribution in [1.29, 1.82) is 0 Å². The average Bonchev–Trinajstić information content (AvgIpc) is 2.99. The number of allylic oxidation sites excluding steroid dienone is 1. The van der Waals surface area contributed by atoms with Crippen LogP contribution in [0.5, 0.6) is 11.5 Å². The highest BCUT2D eigenvalue weighted by Gasteiger charge is 2.34. The van der Waals surface area contributed by atoms with E-state index >= 15 is 0 Å². The largest absolute Gasteiger partial charge is 0.463 e. The SMILES string of the molecule is CCOC(=O)C1=C(C)N(C)C(=S)NC1c1ccc2c(c1)OCO2. The van der Waals surface area contributed by atoms with Gasteiger partial charge in [-0.05, 0) is 43.8 Å². The molecule has 0 aromatic heterocycles. The van der Waals surface area contributed by atoms with Crippen LogP contribution in [0.25, 0.3) is 0 Å². The molecule has 0 saturated carbocycles. The number of benzene rings is 1. The number of carbonyl (C=O) groups is 1. The Morgan fingerprint density at radius 2 is 2.17 bits per heavy atom. The summed E-state index contributed by atoms with van der Waals surface area (Å²) >= 11 is 5.36. The summed E-state index contributed by atoms with van der Waals surface area (Å²) < 4.78 is 16.0. The fourth-order valence-electron chi connectivity index (χ4n) is 2.65. The Bertz CT molecular complexity index is 701. The molecule has 0 saturated heterocycles. The number of hydrogen-bond acceptors (Lipinski definition) is 5. The van der Waals surface area contributed by atoms with E-state index in [9.17, 15) is 4.79 Å². The van der Waals surface area contributed by atoms with Crippen LogP contribution in [0.4, 0.5) is 0 Å². The highest BCUT2D eigenvalue weighted by atomic mass is 32.1. The molecule has 1 aromatic rings. The van der Waals surface area contributed by atoms with Crippen LogP contribution in [0.15, 0.2) is 29.5 Å². The lowest BCUT2D eigenvalue weighted by molar-refractivity contribution is -0.139. The van der Waals surface area contributed by atoms with E-state index in [-0.39, 0.29) is 18.8 Å². The van der Waals surface area contributed by atoms with Crippen LogP contribution < -0.4 is 14.8 Å². The molecule has 6 nitrogen and oxygen atoms in total. The molecule has 0 amide bonds. The lowest BCUT2D eigenvalue weighted by atomic mass is 9.95. The van der Waals surface area contributed by atoms with Crippen LogP contribution in [0.2, 0.25) is 0 Å². The first-order valence-electron chi connectivity index (χ1n) is 7.34. The molecule has 1 aromatic carbocycles. The maximum absolute atomic E-state index is 12.4. The first kappa shape index (κ1) is 15.6. The monoisotopic (exact) mass is 334 g/mol. The molecule has 7 heteroatoms. The predicted octanol–water partition coefficient (Wildman–Crippen LogP) is 2.11. The van der Waals surface area contributed by atoms with Gasteiger partial charge in [-0.1, -0.05) is 6.07 Å². The van der Waals surface area contributed by atoms with Crippen molar-refractivity contribution in [1.82, 2.24) is 10.2 Å². The van der Waals surface area contributed by atoms with Crippen LogP contribution in [-0.4, -0.2) is 36.4 Å². The second-order valence-electron chi connectivity index (χ2n) is 5.27. The smallest absolute Gasteiger partial charge is 0.338 e. The van der Waals surface area contributed by atoms with Gasteiger partial charge in [0.1, 0.15) is 0 Å². The lowest BCUT2D eigenvalue weighted by Crippen LogP contribution is -2.46. The molecule has 0 aliphatic carbocycles. The summed E-state index contributed by atoms with van der Waals surface area (Å²) in [6.07, 6.45) is 0. The van der Waals surface area contributed by atoms with Crippen LogP contribution in [0, 0.1) is 0 Å². The highest BCUT2D eigenvalue weighted by Crippen LogP contribution is 2.37. The van der Waals surface area contributed by atoms with E-state index in [1.165, 1.54) is 0 Å². The molecular weight excluding hydrogens is 316 g/mol. The molecule has 2 aliphatic rings. The van der Waals surface area contributed by atoms with Gasteiger partial charge in [0.2, 0.25) is 6.79 Å². The van der Waals surface area contributed by atoms with Gasteiger partial charge in [0.15, 0.2) is 16.6 Å². The minimum Gasteiger partial charge on any atom is -0.463 e. The number of rotatable bonds is 3. The number of esters is 1. The minimum atomic E-state index is -0.382. The summed E-state index contributed by atoms with van der Waals surface area (Å²) in [4.78, 5) is 14.2. The van der Waals surface area contributed by atoms with E-state index in [0.717, 1.165) is 11.3 Å². The van der Waals surface area contributed by atoms with Crippen molar-refractivity contribution in [2.75, 3.05) is 20.4 Å². The van der Waals surface area contributed by atoms with Gasteiger partial charge in [-0.15, -0.1) is 0 Å². The standard InChI is InChI=1S/C16H18N2O4S/c1-4-20-15(19)13-9(2)18(3)16(23)17-14(13)10-5-6-11-12(7-10)22-8-21-11/h5-7,14H,4,8H2,1-3H3,(H,17,23). The van der Waals surface area contributed by atoms with Crippen LogP contribution >= 0.6 is 12.2 Å². The van der Waals surface area contributed by atoms with E-state index in [1.807, 2.05) is 32.2 Å². The number of hydrogen-bond donors (Lipinski definition) is 1. The average molecular weight is 334 g/mol. The maximum atomic E-state index is 12.4. The van der Waals surface area contributed by atoms with E-state index in [2.05, 4.69) is 5.32 Å². The molecule has 1 atom stereocenters. The van der Waals surface area contributed by atoms with Crippen molar-refractivity contribution >= 4 is 23.3 Å². The second kappa shape index (κ2) is 6.08. The van der Waals surface area contributed by atoms with Crippen LogP contribution in [0.1, 0.15) is 25.5 Å². The van der Waals surface area contributed by atoms with E-state index < -0.39 is 0 Å². The number of nitrogens with zero attached hydrogens (tertiary/aromatic N) is 1. The van der Waals surface area contributed by atoms with Crippen LogP contribution in [-0.2, 0) is 9.53 Å². The van der Waals surface area contributed by atoms with E-state index in [4.69, 9.17) is 26.4 Å². The zero-order chi connectivity index (χ0) is 16.6. The summed E-state index contributed by atoms with van der Waals surface area (Å²) in [5, 5.41) is 3.75. The fourth-order valence-corrected chi connectivity index (χ4v) is 2.91. The van der Waals surface area contributed by atoms with Gasteiger partial charge in [0.05, 0.1) is 18.2 Å². The number of fused-ring (bicyclic) bond motifs is 1. The maximum Gasteiger partial charge on any atom is 0.338 e. The normalized spacial score (nSPS) is 19.7. The van der Waals surface area contributed by atoms with E-state index in [1.54, 1.807) is 11.8 Å². The molecular formula is C16H18N2O4S. The second-order valence-corrected chi connectivity index (χ2v) is 5.66. The van der Waals surface area contributed by atoms with Crippen molar-refractivity contribution in [3.8, 4) is 11.5 Å². The number of carbonyl (C=O) groups excluding carboxylic acids is 1. The van der Waals surface area contributed by atoms with Crippen molar-refractivity contribution < 1.29 is 19.0 Å². The lowest BCUT2D eigenvalue weighted by Gasteiger charge is -2.35. The number of ether oxygens (including phenoxy) is 3. The first-order valence-corrected chi connectivity index (χ1v) is 7.75.